The fourth-order valence-electron chi connectivity index (χ4n) is 1.93. The number of hydrogen-bond acceptors (Lipinski definition) is 1. The van der Waals surface area contributed by atoms with Crippen LogP contribution in [0.1, 0.15) is 12.8 Å². The molecule has 1 aliphatic rings. The fourth-order valence-corrected chi connectivity index (χ4v) is 2.17. The monoisotopic (exact) mass is 235 g/mol. The van der Waals surface area contributed by atoms with Crippen molar-refractivity contribution in [3.63, 3.8) is 0 Å². The lowest BCUT2D eigenvalue weighted by atomic mass is 10.2. The number of fused-ring (bicyclic) bond motifs is 1. The highest BCUT2D eigenvalue weighted by atomic mass is 35.5. The lowest BCUT2D eigenvalue weighted by Gasteiger charge is -2.06. The summed E-state index contributed by atoms with van der Waals surface area (Å²) in [5.74, 6) is 0. The molecule has 0 saturated heterocycles. The molecule has 0 N–H and O–H groups in total. The van der Waals surface area contributed by atoms with Crippen LogP contribution >= 0.6 is 11.6 Å². The second kappa shape index (κ2) is 4.11. The highest BCUT2D eigenvalue weighted by Crippen LogP contribution is 2.25. The first-order valence-corrected chi connectivity index (χ1v) is 6.07. The molecule has 3 heteroatoms. The van der Waals surface area contributed by atoms with Gasteiger partial charge in [0.05, 0.1) is 12.7 Å². The van der Waals surface area contributed by atoms with Gasteiger partial charge in [-0.05, 0) is 31.0 Å². The maximum absolute atomic E-state index is 6.12. The molecule has 1 fully saturated rings. The summed E-state index contributed by atoms with van der Waals surface area (Å²) in [6, 6.07) is 8.07. The van der Waals surface area contributed by atoms with E-state index in [1.807, 2.05) is 12.1 Å². The molecule has 1 aromatic carbocycles. The van der Waals surface area contributed by atoms with Crippen LogP contribution < -0.4 is 0 Å². The number of hydrogen-bond donors (Lipinski definition) is 0. The van der Waals surface area contributed by atoms with Crippen molar-refractivity contribution in [2.45, 2.75) is 25.5 Å². The lowest BCUT2D eigenvalue weighted by molar-refractivity contribution is 0.113. The van der Waals surface area contributed by atoms with E-state index in [9.17, 15) is 0 Å². The zero-order valence-electron chi connectivity index (χ0n) is 9.03. The third kappa shape index (κ3) is 1.95. The van der Waals surface area contributed by atoms with Crippen LogP contribution in [-0.2, 0) is 11.3 Å². The number of benzene rings is 1. The topological polar surface area (TPSA) is 14.2 Å². The molecular weight excluding hydrogens is 222 g/mol. The van der Waals surface area contributed by atoms with Gasteiger partial charge in [0.2, 0.25) is 0 Å². The molecule has 0 atom stereocenters. The van der Waals surface area contributed by atoms with Crippen molar-refractivity contribution in [2.75, 3.05) is 6.61 Å². The van der Waals surface area contributed by atoms with Crippen molar-refractivity contribution in [1.29, 1.82) is 0 Å². The summed E-state index contributed by atoms with van der Waals surface area (Å²) in [4.78, 5) is 0. The van der Waals surface area contributed by atoms with E-state index >= 15 is 0 Å². The molecule has 0 radical (unpaired) electrons. The molecule has 84 valence electrons. The predicted molar refractivity (Wildman–Crippen MR) is 65.9 cm³/mol. The van der Waals surface area contributed by atoms with Gasteiger partial charge in [0.1, 0.15) is 0 Å². The van der Waals surface area contributed by atoms with Crippen molar-refractivity contribution in [3.8, 4) is 0 Å². The largest absolute Gasteiger partial charge is 0.376 e. The Kier molecular flexibility index (Phi) is 2.62. The number of halogens is 1. The van der Waals surface area contributed by atoms with Crippen molar-refractivity contribution in [2.24, 2.45) is 0 Å². The summed E-state index contributed by atoms with van der Waals surface area (Å²) in [7, 11) is 0. The van der Waals surface area contributed by atoms with Crippen molar-refractivity contribution < 1.29 is 4.74 Å². The van der Waals surface area contributed by atoms with E-state index < -0.39 is 0 Å². The van der Waals surface area contributed by atoms with Crippen molar-refractivity contribution in [3.05, 3.63) is 35.5 Å². The van der Waals surface area contributed by atoms with Gasteiger partial charge >= 0.3 is 0 Å². The van der Waals surface area contributed by atoms with E-state index in [0.29, 0.717) is 6.10 Å². The lowest BCUT2D eigenvalue weighted by Crippen LogP contribution is -2.05. The molecule has 0 bridgehead atoms. The Bertz CT molecular complexity index is 502. The molecule has 0 unspecified atom stereocenters. The first kappa shape index (κ1) is 10.2. The molecule has 1 aliphatic carbocycles. The molecule has 16 heavy (non-hydrogen) atoms. The zero-order chi connectivity index (χ0) is 11.0. The Morgan fingerprint density at radius 3 is 3.00 bits per heavy atom. The maximum atomic E-state index is 6.12. The summed E-state index contributed by atoms with van der Waals surface area (Å²) in [5, 5.41) is 1.94. The first-order valence-electron chi connectivity index (χ1n) is 5.69. The molecule has 0 amide bonds. The average Bonchev–Trinajstić information content (AvgIpc) is 3.00. The number of aromatic nitrogens is 1. The molecule has 3 rings (SSSR count). The summed E-state index contributed by atoms with van der Waals surface area (Å²) in [6.07, 6.45) is 5.08. The minimum absolute atomic E-state index is 0.533. The van der Waals surface area contributed by atoms with Gasteiger partial charge in [-0.25, -0.2) is 0 Å². The van der Waals surface area contributed by atoms with Gasteiger partial charge in [0, 0.05) is 28.7 Å². The molecule has 2 aromatic rings. The SMILES string of the molecule is Clc1cccc2c1ccn2CCOC1CC1. The van der Waals surface area contributed by atoms with Gasteiger partial charge in [-0.1, -0.05) is 17.7 Å². The Hall–Kier alpha value is -0.990. The maximum Gasteiger partial charge on any atom is 0.0649 e. The molecule has 1 aromatic heterocycles. The fraction of sp³-hybridized carbons (Fsp3) is 0.385. The molecular formula is C13H14ClNO. The Morgan fingerprint density at radius 2 is 2.19 bits per heavy atom. The van der Waals surface area contributed by atoms with Crippen LogP contribution in [0.3, 0.4) is 0 Å². The minimum Gasteiger partial charge on any atom is -0.376 e. The van der Waals surface area contributed by atoms with Crippen LogP contribution in [0.2, 0.25) is 5.02 Å². The summed E-state index contributed by atoms with van der Waals surface area (Å²) >= 11 is 6.12. The molecule has 0 aliphatic heterocycles. The van der Waals surface area contributed by atoms with E-state index in [2.05, 4.69) is 22.9 Å². The van der Waals surface area contributed by atoms with Crippen LogP contribution in [-0.4, -0.2) is 17.3 Å². The van der Waals surface area contributed by atoms with Crippen LogP contribution in [0.25, 0.3) is 10.9 Å². The van der Waals surface area contributed by atoms with Crippen LogP contribution in [0, 0.1) is 0 Å². The average molecular weight is 236 g/mol. The predicted octanol–water partition coefficient (Wildman–Crippen LogP) is 3.47. The van der Waals surface area contributed by atoms with Gasteiger partial charge in [0.15, 0.2) is 0 Å². The zero-order valence-corrected chi connectivity index (χ0v) is 9.78. The Labute approximate surface area is 99.8 Å². The van der Waals surface area contributed by atoms with Gasteiger partial charge in [0.25, 0.3) is 0 Å². The van der Waals surface area contributed by atoms with Crippen molar-refractivity contribution >= 4 is 22.5 Å². The molecule has 1 saturated carbocycles. The van der Waals surface area contributed by atoms with Crippen molar-refractivity contribution in [1.82, 2.24) is 4.57 Å². The smallest absolute Gasteiger partial charge is 0.0649 e. The van der Waals surface area contributed by atoms with E-state index in [1.165, 1.54) is 18.4 Å². The van der Waals surface area contributed by atoms with Crippen LogP contribution in [0.15, 0.2) is 30.5 Å². The summed E-state index contributed by atoms with van der Waals surface area (Å²) in [6.45, 7) is 1.70. The van der Waals surface area contributed by atoms with E-state index in [0.717, 1.165) is 23.6 Å². The van der Waals surface area contributed by atoms with Gasteiger partial charge < -0.3 is 9.30 Å². The van der Waals surface area contributed by atoms with Gasteiger partial charge in [-0.2, -0.15) is 0 Å². The van der Waals surface area contributed by atoms with E-state index in [4.69, 9.17) is 16.3 Å². The quantitative estimate of drug-likeness (QED) is 0.792. The van der Waals surface area contributed by atoms with Gasteiger partial charge in [-0.3, -0.25) is 0 Å². The molecule has 1 heterocycles. The van der Waals surface area contributed by atoms with Crippen LogP contribution in [0.5, 0.6) is 0 Å². The second-order valence-electron chi connectivity index (χ2n) is 4.25. The number of ether oxygens (including phenoxy) is 1. The number of nitrogens with zero attached hydrogens (tertiary/aromatic N) is 1. The standard InChI is InChI=1S/C13H14ClNO/c14-12-2-1-3-13-11(12)6-7-15(13)8-9-16-10-4-5-10/h1-3,6-7,10H,4-5,8-9H2. The summed E-state index contributed by atoms with van der Waals surface area (Å²) < 4.78 is 7.85. The minimum atomic E-state index is 0.533. The molecule has 2 nitrogen and oxygen atoms in total. The third-order valence-electron chi connectivity index (χ3n) is 2.97. The summed E-state index contributed by atoms with van der Waals surface area (Å²) in [5.41, 5.74) is 1.19. The molecule has 0 spiro atoms. The van der Waals surface area contributed by atoms with Gasteiger partial charge in [-0.15, -0.1) is 0 Å². The highest BCUT2D eigenvalue weighted by molar-refractivity contribution is 6.35. The van der Waals surface area contributed by atoms with E-state index in [1.54, 1.807) is 0 Å². The van der Waals surface area contributed by atoms with Crippen LogP contribution in [0.4, 0.5) is 0 Å². The van der Waals surface area contributed by atoms with E-state index in [-0.39, 0.29) is 0 Å². The second-order valence-corrected chi connectivity index (χ2v) is 4.66. The third-order valence-corrected chi connectivity index (χ3v) is 3.30. The first-order chi connectivity index (χ1) is 7.84. The Morgan fingerprint density at radius 1 is 1.31 bits per heavy atom. The highest BCUT2D eigenvalue weighted by Gasteiger charge is 2.21. The Balaban J connectivity index is 1.77. The normalized spacial score (nSPS) is 15.8. The number of rotatable bonds is 4.